The maximum Gasteiger partial charge on any atom is 0.118 e. The molecule has 0 spiro atoms. The van der Waals surface area contributed by atoms with E-state index in [9.17, 15) is 5.11 Å². The third-order valence-electron chi connectivity index (χ3n) is 3.51. The lowest BCUT2D eigenvalue weighted by Gasteiger charge is -2.24. The molecule has 1 aromatic heterocycles. The highest BCUT2D eigenvalue weighted by molar-refractivity contribution is 5.45. The molecule has 1 atom stereocenters. The van der Waals surface area contributed by atoms with Crippen molar-refractivity contribution in [3.63, 3.8) is 0 Å². The molecule has 1 aromatic carbocycles. The van der Waals surface area contributed by atoms with Gasteiger partial charge < -0.3 is 5.11 Å². The topological polar surface area (TPSA) is 46.0 Å². The predicted molar refractivity (Wildman–Crippen MR) is 64.5 cm³/mol. The third kappa shape index (κ3) is 1.54. The van der Waals surface area contributed by atoms with Crippen molar-refractivity contribution in [2.75, 3.05) is 0 Å². The van der Waals surface area contributed by atoms with Crippen molar-refractivity contribution in [2.24, 2.45) is 0 Å². The largest absolute Gasteiger partial charge is 0.380 e. The number of hydrogen-bond donors (Lipinski definition) is 1. The number of nitrogens with zero attached hydrogens (tertiary/aromatic N) is 2. The van der Waals surface area contributed by atoms with Gasteiger partial charge >= 0.3 is 0 Å². The average molecular weight is 226 g/mol. The monoisotopic (exact) mass is 226 g/mol. The number of aromatic nitrogens is 2. The first-order chi connectivity index (χ1) is 8.20. The first-order valence-corrected chi connectivity index (χ1v) is 5.78. The van der Waals surface area contributed by atoms with Crippen LogP contribution in [0.3, 0.4) is 0 Å². The van der Waals surface area contributed by atoms with Crippen molar-refractivity contribution in [2.45, 2.75) is 25.4 Å². The Balaban J connectivity index is 2.16. The zero-order valence-corrected chi connectivity index (χ0v) is 9.72. The first-order valence-electron chi connectivity index (χ1n) is 5.78. The van der Waals surface area contributed by atoms with Gasteiger partial charge in [-0.1, -0.05) is 23.8 Å². The van der Waals surface area contributed by atoms with Crippen LogP contribution in [0.4, 0.5) is 0 Å². The van der Waals surface area contributed by atoms with Crippen LogP contribution >= 0.6 is 0 Å². The van der Waals surface area contributed by atoms with E-state index in [1.165, 1.54) is 17.5 Å². The van der Waals surface area contributed by atoms with Crippen molar-refractivity contribution in [3.8, 4) is 0 Å². The molecule has 2 aromatic rings. The van der Waals surface area contributed by atoms with Gasteiger partial charge in [0.1, 0.15) is 11.9 Å². The van der Waals surface area contributed by atoms with E-state index >= 15 is 0 Å². The van der Waals surface area contributed by atoms with Crippen molar-refractivity contribution in [3.05, 3.63) is 59.2 Å². The standard InChI is InChI=1S/C14H14N2O/c1-10-2-3-11-4-5-14(17,13(11)6-10)12-7-15-9-16-8-12/h2-3,6-9,17H,4-5H2,1H3. The fourth-order valence-electron chi connectivity index (χ4n) is 2.56. The summed E-state index contributed by atoms with van der Waals surface area (Å²) in [6.45, 7) is 2.04. The van der Waals surface area contributed by atoms with Crippen LogP contribution in [0.2, 0.25) is 0 Å². The Hall–Kier alpha value is -1.74. The molecule has 86 valence electrons. The van der Waals surface area contributed by atoms with E-state index in [1.54, 1.807) is 12.4 Å². The molecule has 17 heavy (non-hydrogen) atoms. The highest BCUT2D eigenvalue weighted by Gasteiger charge is 2.38. The Bertz CT molecular complexity index is 553. The van der Waals surface area contributed by atoms with Gasteiger partial charge in [-0.05, 0) is 30.9 Å². The number of aryl methyl sites for hydroxylation is 2. The van der Waals surface area contributed by atoms with Gasteiger partial charge in [-0.15, -0.1) is 0 Å². The first kappa shape index (κ1) is 10.4. The van der Waals surface area contributed by atoms with E-state index in [4.69, 9.17) is 0 Å². The van der Waals surface area contributed by atoms with E-state index in [2.05, 4.69) is 28.2 Å². The second kappa shape index (κ2) is 3.64. The molecule has 1 heterocycles. The molecule has 1 N–H and O–H groups in total. The van der Waals surface area contributed by atoms with Crippen LogP contribution in [0.1, 0.15) is 28.7 Å². The Morgan fingerprint density at radius 2 is 2.00 bits per heavy atom. The van der Waals surface area contributed by atoms with Gasteiger partial charge in [0.05, 0.1) is 0 Å². The highest BCUT2D eigenvalue weighted by atomic mass is 16.3. The molecule has 0 saturated carbocycles. The number of fused-ring (bicyclic) bond motifs is 1. The SMILES string of the molecule is Cc1ccc2c(c1)C(O)(c1cncnc1)CC2. The van der Waals surface area contributed by atoms with Crippen LogP contribution in [0.15, 0.2) is 36.9 Å². The lowest BCUT2D eigenvalue weighted by Crippen LogP contribution is -2.24. The van der Waals surface area contributed by atoms with Gasteiger partial charge in [0, 0.05) is 18.0 Å². The Kier molecular flexibility index (Phi) is 2.23. The van der Waals surface area contributed by atoms with Gasteiger partial charge in [-0.2, -0.15) is 0 Å². The molecule has 0 fully saturated rings. The van der Waals surface area contributed by atoms with E-state index < -0.39 is 5.60 Å². The van der Waals surface area contributed by atoms with Crippen LogP contribution in [-0.4, -0.2) is 15.1 Å². The quantitative estimate of drug-likeness (QED) is 0.808. The van der Waals surface area contributed by atoms with Gasteiger partial charge in [-0.25, -0.2) is 9.97 Å². The van der Waals surface area contributed by atoms with Crippen molar-refractivity contribution < 1.29 is 5.11 Å². The number of aliphatic hydroxyl groups is 1. The normalized spacial score (nSPS) is 22.5. The summed E-state index contributed by atoms with van der Waals surface area (Å²) < 4.78 is 0. The molecule has 0 aliphatic heterocycles. The van der Waals surface area contributed by atoms with Crippen LogP contribution in [0, 0.1) is 6.92 Å². The summed E-state index contributed by atoms with van der Waals surface area (Å²) in [6, 6.07) is 6.26. The number of hydrogen-bond acceptors (Lipinski definition) is 3. The molecule has 3 heteroatoms. The van der Waals surface area contributed by atoms with E-state index in [1.807, 2.05) is 6.92 Å². The van der Waals surface area contributed by atoms with Crippen LogP contribution in [0.25, 0.3) is 0 Å². The third-order valence-corrected chi connectivity index (χ3v) is 3.51. The summed E-state index contributed by atoms with van der Waals surface area (Å²) in [5.74, 6) is 0. The molecule has 3 rings (SSSR count). The minimum atomic E-state index is -0.914. The summed E-state index contributed by atoms with van der Waals surface area (Å²) in [5.41, 5.74) is 3.27. The van der Waals surface area contributed by atoms with E-state index in [0.717, 1.165) is 17.5 Å². The van der Waals surface area contributed by atoms with Gasteiger partial charge in [-0.3, -0.25) is 0 Å². The molecule has 1 unspecified atom stereocenters. The van der Waals surface area contributed by atoms with Crippen LogP contribution < -0.4 is 0 Å². The zero-order chi connectivity index (χ0) is 11.9. The molecular weight excluding hydrogens is 212 g/mol. The second-order valence-corrected chi connectivity index (χ2v) is 4.65. The molecule has 0 amide bonds. The van der Waals surface area contributed by atoms with Crippen molar-refractivity contribution in [1.82, 2.24) is 9.97 Å². The van der Waals surface area contributed by atoms with Crippen LogP contribution in [-0.2, 0) is 12.0 Å². The van der Waals surface area contributed by atoms with Gasteiger partial charge in [0.15, 0.2) is 0 Å². The lowest BCUT2D eigenvalue weighted by molar-refractivity contribution is 0.0821. The highest BCUT2D eigenvalue weighted by Crippen LogP contribution is 2.41. The lowest BCUT2D eigenvalue weighted by atomic mass is 9.89. The summed E-state index contributed by atoms with van der Waals surface area (Å²) >= 11 is 0. The summed E-state index contributed by atoms with van der Waals surface area (Å²) in [4.78, 5) is 8.00. The maximum absolute atomic E-state index is 10.9. The molecule has 0 radical (unpaired) electrons. The Morgan fingerprint density at radius 1 is 1.24 bits per heavy atom. The van der Waals surface area contributed by atoms with Crippen LogP contribution in [0.5, 0.6) is 0 Å². The molecule has 0 saturated heterocycles. The maximum atomic E-state index is 10.9. The minimum absolute atomic E-state index is 0.708. The number of rotatable bonds is 1. The minimum Gasteiger partial charge on any atom is -0.380 e. The van der Waals surface area contributed by atoms with Crippen molar-refractivity contribution in [1.29, 1.82) is 0 Å². The fourth-order valence-corrected chi connectivity index (χ4v) is 2.56. The zero-order valence-electron chi connectivity index (χ0n) is 9.72. The molecule has 1 aliphatic carbocycles. The van der Waals surface area contributed by atoms with E-state index in [0.29, 0.717) is 6.42 Å². The summed E-state index contributed by atoms with van der Waals surface area (Å²) in [7, 11) is 0. The van der Waals surface area contributed by atoms with E-state index in [-0.39, 0.29) is 0 Å². The smallest absolute Gasteiger partial charge is 0.118 e. The molecule has 3 nitrogen and oxygen atoms in total. The predicted octanol–water partition coefficient (Wildman–Crippen LogP) is 1.97. The second-order valence-electron chi connectivity index (χ2n) is 4.65. The average Bonchev–Trinajstić information content (AvgIpc) is 2.70. The summed E-state index contributed by atoms with van der Waals surface area (Å²) in [5, 5.41) is 10.9. The van der Waals surface area contributed by atoms with Gasteiger partial charge in [0.2, 0.25) is 0 Å². The number of benzene rings is 1. The fraction of sp³-hybridized carbons (Fsp3) is 0.286. The van der Waals surface area contributed by atoms with Crippen molar-refractivity contribution >= 4 is 0 Å². The molecule has 0 bridgehead atoms. The Labute approximate surface area is 100 Å². The molecular formula is C14H14N2O. The van der Waals surface area contributed by atoms with Gasteiger partial charge in [0.25, 0.3) is 0 Å². The molecule has 1 aliphatic rings. The summed E-state index contributed by atoms with van der Waals surface area (Å²) in [6.07, 6.45) is 6.49. The Morgan fingerprint density at radius 3 is 2.76 bits per heavy atom.